The van der Waals surface area contributed by atoms with E-state index in [-0.39, 0.29) is 0 Å². The minimum absolute atomic E-state index is 0.492. The summed E-state index contributed by atoms with van der Waals surface area (Å²) in [6.45, 7) is -0.614. The summed E-state index contributed by atoms with van der Waals surface area (Å²) in [6.07, 6.45) is -2.54. The van der Waals surface area contributed by atoms with Gasteiger partial charge >= 0.3 is 7.81 Å². The standard InChI is InChI=1S/C5H7Br3N2O6/c6-4(1-2-11,9(13)14)3(12)5(7,8)10(15)16/h3,11-12H,1-2H2. The van der Waals surface area contributed by atoms with Crippen LogP contribution in [0.4, 0.5) is 0 Å². The summed E-state index contributed by atoms with van der Waals surface area (Å²) in [7, 11) is 0. The van der Waals surface area contributed by atoms with Crippen molar-refractivity contribution >= 4 is 47.8 Å². The van der Waals surface area contributed by atoms with Crippen LogP contribution in [0.2, 0.25) is 0 Å². The van der Waals surface area contributed by atoms with E-state index in [0.29, 0.717) is 0 Å². The van der Waals surface area contributed by atoms with E-state index in [1.54, 1.807) is 0 Å². The molecule has 0 bridgehead atoms. The number of aliphatic hydroxyl groups excluding tert-OH is 2. The van der Waals surface area contributed by atoms with Crippen LogP contribution in [-0.4, -0.2) is 40.6 Å². The SMILES string of the molecule is O=[N+]([O-])C(Br)(Br)C(O)C(Br)(CCO)[N+](=O)[O-]. The zero-order valence-corrected chi connectivity index (χ0v) is 12.3. The fourth-order valence-corrected chi connectivity index (χ4v) is 2.73. The van der Waals surface area contributed by atoms with Gasteiger partial charge in [-0.05, 0) is 0 Å². The molecule has 0 amide bonds. The molecular weight excluding hydrogens is 424 g/mol. The Morgan fingerprint density at radius 2 is 1.62 bits per heavy atom. The van der Waals surface area contributed by atoms with E-state index < -0.39 is 36.8 Å². The maximum absolute atomic E-state index is 10.7. The average molecular weight is 431 g/mol. The van der Waals surface area contributed by atoms with Crippen LogP contribution < -0.4 is 0 Å². The van der Waals surface area contributed by atoms with Crippen molar-refractivity contribution in [2.75, 3.05) is 6.61 Å². The van der Waals surface area contributed by atoms with Crippen molar-refractivity contribution < 1.29 is 20.1 Å². The molecule has 16 heavy (non-hydrogen) atoms. The van der Waals surface area contributed by atoms with Gasteiger partial charge < -0.3 is 10.2 Å². The summed E-state index contributed by atoms with van der Waals surface area (Å²) < 4.78 is -4.49. The molecule has 0 aliphatic rings. The summed E-state index contributed by atoms with van der Waals surface area (Å²) in [5, 5.41) is 39.6. The average Bonchev–Trinajstić information content (AvgIpc) is 2.16. The van der Waals surface area contributed by atoms with E-state index in [1.165, 1.54) is 0 Å². The van der Waals surface area contributed by atoms with Crippen LogP contribution in [0.3, 0.4) is 0 Å². The number of hydrogen-bond acceptors (Lipinski definition) is 6. The monoisotopic (exact) mass is 428 g/mol. The van der Waals surface area contributed by atoms with E-state index >= 15 is 0 Å². The molecule has 0 spiro atoms. The molecule has 8 nitrogen and oxygen atoms in total. The van der Waals surface area contributed by atoms with Gasteiger partial charge in [0, 0.05) is 52.7 Å². The highest BCUT2D eigenvalue weighted by molar-refractivity contribution is 9.25. The topological polar surface area (TPSA) is 127 Å². The predicted molar refractivity (Wildman–Crippen MR) is 63.9 cm³/mol. The number of rotatable bonds is 6. The van der Waals surface area contributed by atoms with Gasteiger partial charge in [-0.1, -0.05) is 0 Å². The predicted octanol–water partition coefficient (Wildman–Crippen LogP) is 0.818. The Balaban J connectivity index is 5.25. The number of nitrogens with zero attached hydrogens (tertiary/aromatic N) is 2. The van der Waals surface area contributed by atoms with Crippen molar-refractivity contribution in [3.05, 3.63) is 20.2 Å². The van der Waals surface area contributed by atoms with Crippen LogP contribution >= 0.6 is 47.8 Å². The van der Waals surface area contributed by atoms with Gasteiger partial charge in [-0.15, -0.1) is 0 Å². The van der Waals surface area contributed by atoms with Crippen LogP contribution in [0, 0.1) is 20.2 Å². The Morgan fingerprint density at radius 3 is 1.88 bits per heavy atom. The molecule has 0 aliphatic carbocycles. The second-order valence-corrected chi connectivity index (χ2v) is 7.65. The molecular formula is C5H7Br3N2O6. The lowest BCUT2D eigenvalue weighted by atomic mass is 10.1. The van der Waals surface area contributed by atoms with Gasteiger partial charge in [-0.25, -0.2) is 0 Å². The molecule has 0 radical (unpaired) electrons. The molecule has 0 saturated heterocycles. The van der Waals surface area contributed by atoms with E-state index in [1.807, 2.05) is 0 Å². The molecule has 94 valence electrons. The van der Waals surface area contributed by atoms with Crippen molar-refractivity contribution in [1.82, 2.24) is 0 Å². The lowest BCUT2D eigenvalue weighted by molar-refractivity contribution is -0.579. The summed E-state index contributed by atoms with van der Waals surface area (Å²) >= 11 is 7.68. The molecule has 0 heterocycles. The van der Waals surface area contributed by atoms with Crippen molar-refractivity contribution in [1.29, 1.82) is 0 Å². The fourth-order valence-electron chi connectivity index (χ4n) is 0.851. The summed E-state index contributed by atoms with van der Waals surface area (Å²) in [6, 6.07) is 0. The molecule has 0 rings (SSSR count). The lowest BCUT2D eigenvalue weighted by Gasteiger charge is -2.27. The summed E-state index contributed by atoms with van der Waals surface area (Å²) in [5.41, 5.74) is 0. The molecule has 2 unspecified atom stereocenters. The van der Waals surface area contributed by atoms with Crippen molar-refractivity contribution in [2.24, 2.45) is 0 Å². The van der Waals surface area contributed by atoms with Crippen molar-refractivity contribution in [3.8, 4) is 0 Å². The Kier molecular flexibility index (Phi) is 5.72. The molecule has 2 N–H and O–H groups in total. The van der Waals surface area contributed by atoms with Gasteiger partial charge in [0.1, 0.15) is 0 Å². The Morgan fingerprint density at radius 1 is 1.19 bits per heavy atom. The van der Waals surface area contributed by atoms with Crippen molar-refractivity contribution in [3.63, 3.8) is 0 Å². The Labute approximate surface area is 115 Å². The molecule has 0 aliphatic heterocycles. The van der Waals surface area contributed by atoms with Crippen LogP contribution in [0.15, 0.2) is 0 Å². The number of hydrogen-bond donors (Lipinski definition) is 2. The van der Waals surface area contributed by atoms with Gasteiger partial charge in [0.15, 0.2) is 0 Å². The number of alkyl halides is 3. The van der Waals surface area contributed by atoms with Gasteiger partial charge in [0.2, 0.25) is 6.10 Å². The maximum atomic E-state index is 10.7. The van der Waals surface area contributed by atoms with E-state index in [0.717, 1.165) is 0 Å². The highest BCUT2D eigenvalue weighted by Crippen LogP contribution is 2.41. The van der Waals surface area contributed by atoms with Crippen molar-refractivity contribution in [2.45, 2.75) is 20.3 Å². The van der Waals surface area contributed by atoms with Gasteiger partial charge in [0.25, 0.3) is 0 Å². The van der Waals surface area contributed by atoms with E-state index in [9.17, 15) is 25.3 Å². The third-order valence-corrected chi connectivity index (χ3v) is 4.32. The highest BCUT2D eigenvalue weighted by atomic mass is 79.9. The van der Waals surface area contributed by atoms with Crippen LogP contribution in [0.5, 0.6) is 0 Å². The third kappa shape index (κ3) is 3.09. The molecule has 0 aromatic rings. The second-order valence-electron chi connectivity index (χ2n) is 2.80. The van der Waals surface area contributed by atoms with Crippen LogP contribution in [0.25, 0.3) is 0 Å². The first-order chi connectivity index (χ1) is 7.10. The summed E-state index contributed by atoms with van der Waals surface area (Å²) in [4.78, 5) is 19.4. The zero-order valence-electron chi connectivity index (χ0n) is 7.55. The first kappa shape index (κ1) is 16.2. The normalized spacial score (nSPS) is 17.6. The zero-order chi connectivity index (χ0) is 13.1. The van der Waals surface area contributed by atoms with Gasteiger partial charge in [-0.2, -0.15) is 0 Å². The largest absolute Gasteiger partial charge is 0.396 e. The smallest absolute Gasteiger partial charge is 0.360 e. The minimum atomic E-state index is -2.27. The van der Waals surface area contributed by atoms with Crippen LogP contribution in [-0.2, 0) is 0 Å². The molecule has 2 atom stereocenters. The molecule has 11 heteroatoms. The van der Waals surface area contributed by atoms with E-state index in [4.69, 9.17) is 5.11 Å². The fraction of sp³-hybridized carbons (Fsp3) is 1.00. The minimum Gasteiger partial charge on any atom is -0.396 e. The van der Waals surface area contributed by atoms with E-state index in [2.05, 4.69) is 47.8 Å². The molecule has 0 fully saturated rings. The first-order valence-electron chi connectivity index (χ1n) is 3.75. The quantitative estimate of drug-likeness (QED) is 0.278. The van der Waals surface area contributed by atoms with Gasteiger partial charge in [-0.3, -0.25) is 20.2 Å². The maximum Gasteiger partial charge on any atom is 0.360 e. The Bertz CT molecular complexity index is 300. The lowest BCUT2D eigenvalue weighted by Crippen LogP contribution is -2.55. The highest BCUT2D eigenvalue weighted by Gasteiger charge is 2.62. The molecule has 0 saturated carbocycles. The Hall–Kier alpha value is 0.160. The number of aliphatic hydroxyl groups is 2. The third-order valence-electron chi connectivity index (χ3n) is 1.76. The molecule has 0 aromatic heterocycles. The number of nitro groups is 2. The second kappa shape index (κ2) is 5.67. The first-order valence-corrected chi connectivity index (χ1v) is 6.13. The van der Waals surface area contributed by atoms with Gasteiger partial charge in [0.05, 0.1) is 18.0 Å². The molecule has 0 aromatic carbocycles. The number of halogens is 3. The van der Waals surface area contributed by atoms with Crippen LogP contribution in [0.1, 0.15) is 6.42 Å². The summed E-state index contributed by atoms with van der Waals surface area (Å²) in [5.74, 6) is 0.